The van der Waals surface area contributed by atoms with Gasteiger partial charge in [-0.2, -0.15) is 0 Å². The first-order valence-electron chi connectivity index (χ1n) is 9.45. The first-order chi connectivity index (χ1) is 12.8. The number of nitrogens with zero attached hydrogens (tertiary/aromatic N) is 1. The number of carbonyl (C=O) groups is 2. The number of halogens is 1. The van der Waals surface area contributed by atoms with E-state index in [1.54, 1.807) is 12.1 Å². The number of anilines is 1. The van der Waals surface area contributed by atoms with Crippen molar-refractivity contribution in [2.45, 2.75) is 45.9 Å². The summed E-state index contributed by atoms with van der Waals surface area (Å²) in [6, 6.07) is 4.95. The SMILES string of the molecule is C[C@@H]1CN(c2ccc(CNC(=O)COC(=O)[C@@H]3C[C@H]3C)cc2F)C[C@@H](C)O1. The lowest BCUT2D eigenvalue weighted by atomic mass is 10.1. The summed E-state index contributed by atoms with van der Waals surface area (Å²) in [5.74, 6) is -0.749. The summed E-state index contributed by atoms with van der Waals surface area (Å²) < 4.78 is 25.2. The van der Waals surface area contributed by atoms with E-state index in [2.05, 4.69) is 5.32 Å². The maximum absolute atomic E-state index is 14.5. The Morgan fingerprint density at radius 1 is 1.26 bits per heavy atom. The number of hydrogen-bond acceptors (Lipinski definition) is 5. The van der Waals surface area contributed by atoms with Crippen molar-refractivity contribution in [1.82, 2.24) is 5.32 Å². The van der Waals surface area contributed by atoms with E-state index >= 15 is 0 Å². The number of ether oxygens (including phenoxy) is 2. The number of benzene rings is 1. The van der Waals surface area contributed by atoms with E-state index in [1.807, 2.05) is 25.7 Å². The topological polar surface area (TPSA) is 67.9 Å². The summed E-state index contributed by atoms with van der Waals surface area (Å²) in [5.41, 5.74) is 1.20. The van der Waals surface area contributed by atoms with E-state index in [4.69, 9.17) is 9.47 Å². The summed E-state index contributed by atoms with van der Waals surface area (Å²) >= 11 is 0. The van der Waals surface area contributed by atoms with Crippen molar-refractivity contribution >= 4 is 17.6 Å². The number of carbonyl (C=O) groups excluding carboxylic acids is 2. The van der Waals surface area contributed by atoms with E-state index in [-0.39, 0.29) is 43.1 Å². The van der Waals surface area contributed by atoms with Crippen LogP contribution in [-0.4, -0.2) is 43.8 Å². The number of amides is 1. The Balaban J connectivity index is 1.48. The van der Waals surface area contributed by atoms with E-state index in [0.717, 1.165) is 6.42 Å². The molecule has 0 unspecified atom stereocenters. The van der Waals surface area contributed by atoms with Crippen LogP contribution < -0.4 is 10.2 Å². The number of rotatable bonds is 6. The molecule has 27 heavy (non-hydrogen) atoms. The van der Waals surface area contributed by atoms with Crippen molar-refractivity contribution in [1.29, 1.82) is 0 Å². The molecule has 1 aromatic rings. The predicted octanol–water partition coefficient (Wildman–Crippen LogP) is 2.25. The maximum Gasteiger partial charge on any atom is 0.309 e. The summed E-state index contributed by atoms with van der Waals surface area (Å²) in [4.78, 5) is 25.4. The molecule has 1 aromatic carbocycles. The second kappa shape index (κ2) is 8.25. The summed E-state index contributed by atoms with van der Waals surface area (Å²) in [6.45, 7) is 7.09. The van der Waals surface area contributed by atoms with E-state index in [0.29, 0.717) is 30.3 Å². The molecule has 1 aliphatic heterocycles. The summed E-state index contributed by atoms with van der Waals surface area (Å²) in [5, 5.41) is 2.65. The monoisotopic (exact) mass is 378 g/mol. The van der Waals surface area contributed by atoms with Gasteiger partial charge in [-0.1, -0.05) is 13.0 Å². The molecule has 2 fully saturated rings. The molecule has 1 saturated carbocycles. The normalized spacial score (nSPS) is 27.2. The zero-order valence-corrected chi connectivity index (χ0v) is 16.0. The first-order valence-corrected chi connectivity index (χ1v) is 9.45. The average molecular weight is 378 g/mol. The molecule has 6 nitrogen and oxygen atoms in total. The van der Waals surface area contributed by atoms with Gasteiger partial charge in [-0.3, -0.25) is 9.59 Å². The highest BCUT2D eigenvalue weighted by Crippen LogP contribution is 2.38. The van der Waals surface area contributed by atoms with Gasteiger partial charge in [-0.05, 0) is 43.9 Å². The molecule has 1 N–H and O–H groups in total. The Bertz CT molecular complexity index is 701. The van der Waals surface area contributed by atoms with Crippen molar-refractivity contribution in [2.75, 3.05) is 24.6 Å². The largest absolute Gasteiger partial charge is 0.455 e. The van der Waals surface area contributed by atoms with Gasteiger partial charge in [0.25, 0.3) is 5.91 Å². The molecule has 7 heteroatoms. The van der Waals surface area contributed by atoms with Gasteiger partial charge in [0.1, 0.15) is 5.82 Å². The average Bonchev–Trinajstić information content (AvgIpc) is 3.34. The van der Waals surface area contributed by atoms with Gasteiger partial charge in [0.15, 0.2) is 6.61 Å². The summed E-state index contributed by atoms with van der Waals surface area (Å²) in [6.07, 6.45) is 0.925. The zero-order chi connectivity index (χ0) is 19.6. The van der Waals surface area contributed by atoms with Gasteiger partial charge >= 0.3 is 5.97 Å². The molecule has 1 heterocycles. The fourth-order valence-electron chi connectivity index (χ4n) is 3.44. The molecule has 2 aliphatic rings. The molecule has 1 amide bonds. The number of esters is 1. The van der Waals surface area contributed by atoms with E-state index in [1.165, 1.54) is 6.07 Å². The molecule has 0 aromatic heterocycles. The van der Waals surface area contributed by atoms with Crippen LogP contribution in [0.1, 0.15) is 32.8 Å². The van der Waals surface area contributed by atoms with Crippen molar-refractivity contribution < 1.29 is 23.5 Å². The highest BCUT2D eigenvalue weighted by atomic mass is 19.1. The number of morpholine rings is 1. The lowest BCUT2D eigenvalue weighted by molar-refractivity contribution is -0.150. The predicted molar refractivity (Wildman–Crippen MR) is 98.7 cm³/mol. The minimum atomic E-state index is -0.392. The lowest BCUT2D eigenvalue weighted by Crippen LogP contribution is -2.45. The fraction of sp³-hybridized carbons (Fsp3) is 0.600. The molecule has 148 valence electrons. The van der Waals surface area contributed by atoms with Gasteiger partial charge in [-0.15, -0.1) is 0 Å². The minimum Gasteiger partial charge on any atom is -0.455 e. The van der Waals surface area contributed by atoms with Gasteiger partial charge in [-0.25, -0.2) is 4.39 Å². The van der Waals surface area contributed by atoms with Gasteiger partial charge < -0.3 is 19.7 Å². The molecule has 0 spiro atoms. The molecule has 4 atom stereocenters. The second-order valence-electron chi connectivity index (χ2n) is 7.65. The third kappa shape index (κ3) is 5.19. The molecule has 0 bridgehead atoms. The van der Waals surface area contributed by atoms with Gasteiger partial charge in [0.05, 0.1) is 23.8 Å². The third-order valence-electron chi connectivity index (χ3n) is 5.02. The van der Waals surface area contributed by atoms with Crippen molar-refractivity contribution in [3.8, 4) is 0 Å². The molecular formula is C20H27FN2O4. The molecule has 1 aliphatic carbocycles. The van der Waals surface area contributed by atoms with E-state index < -0.39 is 5.91 Å². The smallest absolute Gasteiger partial charge is 0.309 e. The minimum absolute atomic E-state index is 0.0495. The zero-order valence-electron chi connectivity index (χ0n) is 16.0. The van der Waals surface area contributed by atoms with Crippen molar-refractivity contribution in [3.05, 3.63) is 29.6 Å². The van der Waals surface area contributed by atoms with Crippen LogP contribution in [0.5, 0.6) is 0 Å². The quantitative estimate of drug-likeness (QED) is 0.769. The fourth-order valence-corrected chi connectivity index (χ4v) is 3.44. The standard InChI is InChI=1S/C20H27FN2O4/c1-12-6-16(12)20(25)26-11-19(24)22-8-15-4-5-18(17(21)7-15)23-9-13(2)27-14(3)10-23/h4-5,7,12-14,16H,6,8-11H2,1-3H3,(H,22,24)/t12-,13-,14-,16-/m1/s1. The Morgan fingerprint density at radius 3 is 2.52 bits per heavy atom. The highest BCUT2D eigenvalue weighted by molar-refractivity contribution is 5.82. The van der Waals surface area contributed by atoms with Crippen LogP contribution in [0.15, 0.2) is 18.2 Å². The van der Waals surface area contributed by atoms with Crippen LogP contribution in [0, 0.1) is 17.7 Å². The number of nitrogens with one attached hydrogen (secondary N) is 1. The molecule has 1 saturated heterocycles. The Hall–Kier alpha value is -2.15. The Labute approximate surface area is 159 Å². The Kier molecular flexibility index (Phi) is 5.99. The van der Waals surface area contributed by atoms with Crippen LogP contribution in [-0.2, 0) is 25.6 Å². The molecular weight excluding hydrogens is 351 g/mol. The number of hydrogen-bond donors (Lipinski definition) is 1. The van der Waals surface area contributed by atoms with Crippen LogP contribution in [0.3, 0.4) is 0 Å². The first kappa shape index (κ1) is 19.6. The van der Waals surface area contributed by atoms with Gasteiger partial charge in [0, 0.05) is 19.6 Å². The maximum atomic E-state index is 14.5. The molecule has 3 rings (SSSR count). The van der Waals surface area contributed by atoms with Crippen molar-refractivity contribution in [3.63, 3.8) is 0 Å². The molecule has 0 radical (unpaired) electrons. The van der Waals surface area contributed by atoms with Gasteiger partial charge in [0.2, 0.25) is 0 Å². The van der Waals surface area contributed by atoms with Crippen LogP contribution >= 0.6 is 0 Å². The second-order valence-corrected chi connectivity index (χ2v) is 7.65. The summed E-state index contributed by atoms with van der Waals surface area (Å²) in [7, 11) is 0. The Morgan fingerprint density at radius 2 is 1.93 bits per heavy atom. The lowest BCUT2D eigenvalue weighted by Gasteiger charge is -2.37. The van der Waals surface area contributed by atoms with E-state index in [9.17, 15) is 14.0 Å². The highest BCUT2D eigenvalue weighted by Gasteiger charge is 2.40. The third-order valence-corrected chi connectivity index (χ3v) is 5.02. The van der Waals surface area contributed by atoms with Crippen LogP contribution in [0.25, 0.3) is 0 Å². The van der Waals surface area contributed by atoms with Crippen molar-refractivity contribution in [2.24, 2.45) is 11.8 Å². The van der Waals surface area contributed by atoms with Crippen LogP contribution in [0.4, 0.5) is 10.1 Å². The van der Waals surface area contributed by atoms with Crippen LogP contribution in [0.2, 0.25) is 0 Å².